The standard InChI is InChI=1S/C40H44/c1-8-25(9-2)28-20-29(26(10-3)11-4)23-40(22-28)33-19-18-27-15-13-17-32-35(27)36(33)37-34(39(32,6)7)21-31-24(5)14-12-16-30(31)38(37)40/h12-22,25-26H,8-11,23H2,1-7H3. The van der Waals surface area contributed by atoms with E-state index in [1.165, 1.54) is 69.5 Å². The Morgan fingerprint density at radius 3 is 2.17 bits per heavy atom. The van der Waals surface area contributed by atoms with Crippen molar-refractivity contribution in [3.8, 4) is 11.1 Å². The minimum atomic E-state index is -0.126. The summed E-state index contributed by atoms with van der Waals surface area (Å²) in [7, 11) is 0. The van der Waals surface area contributed by atoms with Crippen LogP contribution in [0.25, 0.3) is 32.7 Å². The molecule has 0 nitrogen and oxygen atoms in total. The number of fused-ring (bicyclic) bond motifs is 4. The minimum absolute atomic E-state index is 0.0537. The second-order valence-electron chi connectivity index (χ2n) is 13.4. The van der Waals surface area contributed by atoms with E-state index >= 15 is 0 Å². The van der Waals surface area contributed by atoms with E-state index in [1.807, 2.05) is 0 Å². The van der Waals surface area contributed by atoms with Crippen molar-refractivity contribution in [3.05, 3.63) is 106 Å². The Balaban J connectivity index is 1.69. The lowest BCUT2D eigenvalue weighted by Gasteiger charge is -2.39. The Morgan fingerprint density at radius 1 is 0.725 bits per heavy atom. The quantitative estimate of drug-likeness (QED) is 0.235. The second kappa shape index (κ2) is 8.94. The van der Waals surface area contributed by atoms with Gasteiger partial charge in [-0.05, 0) is 123 Å². The van der Waals surface area contributed by atoms with Gasteiger partial charge in [0.15, 0.2) is 0 Å². The summed E-state index contributed by atoms with van der Waals surface area (Å²) in [5, 5.41) is 5.78. The molecule has 204 valence electrons. The molecule has 0 N–H and O–H groups in total. The number of allylic oxidation sites excluding steroid dienone is 4. The van der Waals surface area contributed by atoms with Gasteiger partial charge in [-0.3, -0.25) is 0 Å². The summed E-state index contributed by atoms with van der Waals surface area (Å²) >= 11 is 0. The van der Waals surface area contributed by atoms with Gasteiger partial charge in [-0.1, -0.05) is 108 Å². The van der Waals surface area contributed by atoms with E-state index in [0.29, 0.717) is 11.8 Å². The van der Waals surface area contributed by atoms with E-state index in [4.69, 9.17) is 0 Å². The lowest BCUT2D eigenvalue weighted by molar-refractivity contribution is 0.491. The average Bonchev–Trinajstić information content (AvgIpc) is 3.23. The molecule has 0 bridgehead atoms. The van der Waals surface area contributed by atoms with E-state index in [1.54, 1.807) is 27.8 Å². The van der Waals surface area contributed by atoms with E-state index in [0.717, 1.165) is 6.42 Å². The summed E-state index contributed by atoms with van der Waals surface area (Å²) in [4.78, 5) is 0. The lowest BCUT2D eigenvalue weighted by Crippen LogP contribution is -2.30. The summed E-state index contributed by atoms with van der Waals surface area (Å²) in [6.07, 6.45) is 11.3. The summed E-state index contributed by atoms with van der Waals surface area (Å²) < 4.78 is 0. The fourth-order valence-electron chi connectivity index (χ4n) is 8.97. The average molecular weight is 525 g/mol. The minimum Gasteiger partial charge on any atom is -0.0657 e. The van der Waals surface area contributed by atoms with Gasteiger partial charge in [0.1, 0.15) is 0 Å². The number of hydrogen-bond donors (Lipinski definition) is 0. The molecule has 0 radical (unpaired) electrons. The van der Waals surface area contributed by atoms with Gasteiger partial charge in [0.05, 0.1) is 0 Å². The third kappa shape index (κ3) is 3.20. The van der Waals surface area contributed by atoms with Crippen molar-refractivity contribution in [2.75, 3.05) is 0 Å². The molecule has 0 fully saturated rings. The molecule has 1 atom stereocenters. The molecule has 0 heterocycles. The molecular weight excluding hydrogens is 480 g/mol. The molecule has 0 saturated heterocycles. The van der Waals surface area contributed by atoms with Crippen molar-refractivity contribution < 1.29 is 0 Å². The summed E-state index contributed by atoms with van der Waals surface area (Å²) in [6, 6.07) is 21.5. The maximum atomic E-state index is 2.76. The van der Waals surface area contributed by atoms with Gasteiger partial charge in [-0.2, -0.15) is 0 Å². The third-order valence-electron chi connectivity index (χ3n) is 11.2. The fraction of sp³-hybridized carbons (Fsp3) is 0.400. The van der Waals surface area contributed by atoms with Crippen LogP contribution in [0.15, 0.2) is 77.9 Å². The topological polar surface area (TPSA) is 0 Å². The Labute approximate surface area is 241 Å². The molecule has 0 amide bonds. The lowest BCUT2D eigenvalue weighted by atomic mass is 9.64. The van der Waals surface area contributed by atoms with Crippen LogP contribution in [0.3, 0.4) is 0 Å². The molecule has 0 aliphatic heterocycles. The highest BCUT2D eigenvalue weighted by Crippen LogP contribution is 2.64. The Kier molecular flexibility index (Phi) is 5.77. The number of aryl methyl sites for hydroxylation is 1. The van der Waals surface area contributed by atoms with Crippen LogP contribution in [0, 0.1) is 18.8 Å². The van der Waals surface area contributed by atoms with Crippen molar-refractivity contribution >= 4 is 21.5 Å². The van der Waals surface area contributed by atoms with Crippen molar-refractivity contribution in [2.24, 2.45) is 11.8 Å². The highest BCUT2D eigenvalue weighted by molar-refractivity contribution is 6.13. The Bertz CT molecular complexity index is 1750. The largest absolute Gasteiger partial charge is 0.0657 e. The SMILES string of the molecule is CCC(CC)C1=CC2(CC(C(CC)CC)=C1)c1ccc3cccc4c3c1-c1c(cc3c(C)cccc3c12)C4(C)C. The monoisotopic (exact) mass is 524 g/mol. The zero-order chi connectivity index (χ0) is 28.0. The van der Waals surface area contributed by atoms with Crippen LogP contribution < -0.4 is 0 Å². The zero-order valence-corrected chi connectivity index (χ0v) is 25.5. The van der Waals surface area contributed by atoms with E-state index < -0.39 is 0 Å². The van der Waals surface area contributed by atoms with Crippen LogP contribution in [-0.4, -0.2) is 0 Å². The van der Waals surface area contributed by atoms with Gasteiger partial charge in [0.25, 0.3) is 0 Å². The molecule has 3 aliphatic rings. The fourth-order valence-corrected chi connectivity index (χ4v) is 8.97. The number of rotatable bonds is 6. The molecule has 4 aromatic rings. The van der Waals surface area contributed by atoms with Gasteiger partial charge in [-0.25, -0.2) is 0 Å². The van der Waals surface area contributed by atoms with Crippen LogP contribution in [0.5, 0.6) is 0 Å². The summed E-state index contributed by atoms with van der Waals surface area (Å²) in [5.41, 5.74) is 13.7. The zero-order valence-electron chi connectivity index (χ0n) is 25.5. The van der Waals surface area contributed by atoms with Gasteiger partial charge >= 0.3 is 0 Å². The van der Waals surface area contributed by atoms with Crippen molar-refractivity contribution in [1.29, 1.82) is 0 Å². The third-order valence-corrected chi connectivity index (χ3v) is 11.2. The predicted octanol–water partition coefficient (Wildman–Crippen LogP) is 11.3. The molecule has 0 aromatic heterocycles. The van der Waals surface area contributed by atoms with E-state index in [9.17, 15) is 0 Å². The summed E-state index contributed by atoms with van der Waals surface area (Å²) in [5.74, 6) is 1.24. The molecule has 0 saturated carbocycles. The molecule has 0 heteroatoms. The van der Waals surface area contributed by atoms with Crippen molar-refractivity contribution in [1.82, 2.24) is 0 Å². The molecule has 1 unspecified atom stereocenters. The number of benzene rings is 4. The van der Waals surface area contributed by atoms with Gasteiger partial charge in [0.2, 0.25) is 0 Å². The first-order chi connectivity index (χ1) is 19.3. The van der Waals surface area contributed by atoms with Gasteiger partial charge in [0, 0.05) is 10.8 Å². The number of hydrogen-bond acceptors (Lipinski definition) is 0. The van der Waals surface area contributed by atoms with E-state index in [2.05, 4.69) is 115 Å². The van der Waals surface area contributed by atoms with Crippen LogP contribution >= 0.6 is 0 Å². The Morgan fingerprint density at radius 2 is 1.45 bits per heavy atom. The first-order valence-corrected chi connectivity index (χ1v) is 15.9. The predicted molar refractivity (Wildman–Crippen MR) is 173 cm³/mol. The van der Waals surface area contributed by atoms with Crippen LogP contribution in [0.2, 0.25) is 0 Å². The Hall–Kier alpha value is -3.12. The molecule has 3 aliphatic carbocycles. The highest BCUT2D eigenvalue weighted by atomic mass is 14.5. The smallest absolute Gasteiger partial charge is 0.0443 e. The van der Waals surface area contributed by atoms with Crippen LogP contribution in [0.1, 0.15) is 101 Å². The first-order valence-electron chi connectivity index (χ1n) is 15.9. The van der Waals surface area contributed by atoms with Gasteiger partial charge < -0.3 is 0 Å². The van der Waals surface area contributed by atoms with Crippen LogP contribution in [0.4, 0.5) is 0 Å². The normalized spacial score (nSPS) is 20.2. The molecule has 40 heavy (non-hydrogen) atoms. The summed E-state index contributed by atoms with van der Waals surface area (Å²) in [6.45, 7) is 16.8. The van der Waals surface area contributed by atoms with E-state index in [-0.39, 0.29) is 10.8 Å². The molecular formula is C40H44. The van der Waals surface area contributed by atoms with Crippen molar-refractivity contribution in [3.63, 3.8) is 0 Å². The molecule has 4 aromatic carbocycles. The molecule has 1 spiro atoms. The van der Waals surface area contributed by atoms with Crippen molar-refractivity contribution in [2.45, 2.75) is 91.4 Å². The highest BCUT2D eigenvalue weighted by Gasteiger charge is 2.50. The second-order valence-corrected chi connectivity index (χ2v) is 13.4. The maximum Gasteiger partial charge on any atom is 0.0443 e. The first kappa shape index (κ1) is 25.8. The van der Waals surface area contributed by atoms with Crippen LogP contribution in [-0.2, 0) is 10.8 Å². The van der Waals surface area contributed by atoms with Gasteiger partial charge in [-0.15, -0.1) is 0 Å². The maximum absolute atomic E-state index is 2.76. The molecule has 7 rings (SSSR count).